The third-order valence-corrected chi connectivity index (χ3v) is 4.17. The number of hydrogen-bond donors (Lipinski definition) is 0. The van der Waals surface area contributed by atoms with Gasteiger partial charge in [-0.1, -0.05) is 0 Å². The van der Waals surface area contributed by atoms with Crippen molar-refractivity contribution in [3.63, 3.8) is 0 Å². The van der Waals surface area contributed by atoms with Crippen molar-refractivity contribution in [1.82, 2.24) is 4.98 Å². The van der Waals surface area contributed by atoms with Crippen LogP contribution in [0.5, 0.6) is 0 Å². The SMILES string of the molecule is CSCc1nc(C2CC2)c(C(C)=O)s1. The first-order chi connectivity index (χ1) is 6.72. The summed E-state index contributed by atoms with van der Waals surface area (Å²) in [6, 6.07) is 0. The second-order valence-corrected chi connectivity index (χ2v) is 5.54. The minimum absolute atomic E-state index is 0.178. The number of carbonyl (C=O) groups is 1. The van der Waals surface area contributed by atoms with Gasteiger partial charge in [-0.2, -0.15) is 11.8 Å². The summed E-state index contributed by atoms with van der Waals surface area (Å²) in [5.41, 5.74) is 1.08. The predicted molar refractivity (Wildman–Crippen MR) is 61.3 cm³/mol. The molecule has 1 aliphatic carbocycles. The van der Waals surface area contributed by atoms with Gasteiger partial charge in [0, 0.05) is 18.6 Å². The van der Waals surface area contributed by atoms with E-state index in [1.807, 2.05) is 0 Å². The fourth-order valence-corrected chi connectivity index (χ4v) is 3.19. The molecule has 0 amide bonds. The van der Waals surface area contributed by atoms with Crippen molar-refractivity contribution in [3.8, 4) is 0 Å². The molecule has 0 N–H and O–H groups in total. The molecule has 2 rings (SSSR count). The van der Waals surface area contributed by atoms with Crippen LogP contribution in [0.2, 0.25) is 0 Å². The molecule has 1 heterocycles. The van der Waals surface area contributed by atoms with Gasteiger partial charge in [0.25, 0.3) is 0 Å². The lowest BCUT2D eigenvalue weighted by atomic mass is 10.2. The summed E-state index contributed by atoms with van der Waals surface area (Å²) < 4.78 is 0. The first-order valence-corrected chi connectivity index (χ1v) is 6.93. The molecule has 0 spiro atoms. The van der Waals surface area contributed by atoms with Gasteiger partial charge in [-0.25, -0.2) is 4.98 Å². The Balaban J connectivity index is 2.30. The third kappa shape index (κ3) is 2.01. The predicted octanol–water partition coefficient (Wildman–Crippen LogP) is 3.09. The largest absolute Gasteiger partial charge is 0.294 e. The maximum Gasteiger partial charge on any atom is 0.171 e. The highest BCUT2D eigenvalue weighted by molar-refractivity contribution is 7.97. The Hall–Kier alpha value is -0.350. The van der Waals surface area contributed by atoms with E-state index in [4.69, 9.17) is 0 Å². The van der Waals surface area contributed by atoms with Crippen LogP contribution in [0.1, 0.15) is 46.1 Å². The van der Waals surface area contributed by atoms with Gasteiger partial charge in [-0.05, 0) is 19.1 Å². The Morgan fingerprint density at radius 1 is 1.64 bits per heavy atom. The quantitative estimate of drug-likeness (QED) is 0.740. The van der Waals surface area contributed by atoms with Crippen molar-refractivity contribution in [1.29, 1.82) is 0 Å². The van der Waals surface area contributed by atoms with Gasteiger partial charge < -0.3 is 0 Å². The number of carbonyl (C=O) groups excluding carboxylic acids is 1. The molecule has 1 aliphatic rings. The molecule has 1 fully saturated rings. The van der Waals surface area contributed by atoms with Crippen LogP contribution in [0.15, 0.2) is 0 Å². The fraction of sp³-hybridized carbons (Fsp3) is 0.600. The van der Waals surface area contributed by atoms with Crippen molar-refractivity contribution in [3.05, 3.63) is 15.6 Å². The van der Waals surface area contributed by atoms with Gasteiger partial charge >= 0.3 is 0 Å². The lowest BCUT2D eigenvalue weighted by Gasteiger charge is -1.92. The van der Waals surface area contributed by atoms with Crippen LogP contribution in [-0.2, 0) is 5.75 Å². The van der Waals surface area contributed by atoms with Gasteiger partial charge in [0.1, 0.15) is 5.01 Å². The van der Waals surface area contributed by atoms with Gasteiger partial charge in [0.05, 0.1) is 10.6 Å². The summed E-state index contributed by atoms with van der Waals surface area (Å²) in [5.74, 6) is 1.69. The van der Waals surface area contributed by atoms with Gasteiger partial charge in [0.2, 0.25) is 0 Å². The average Bonchev–Trinajstić information content (AvgIpc) is 2.88. The maximum absolute atomic E-state index is 11.4. The number of thioether (sulfide) groups is 1. The summed E-state index contributed by atoms with van der Waals surface area (Å²) in [4.78, 5) is 16.8. The van der Waals surface area contributed by atoms with Crippen LogP contribution in [0.3, 0.4) is 0 Å². The van der Waals surface area contributed by atoms with Gasteiger partial charge in [0.15, 0.2) is 5.78 Å². The molecule has 1 saturated carbocycles. The molecule has 0 radical (unpaired) electrons. The first-order valence-electron chi connectivity index (χ1n) is 4.72. The van der Waals surface area contributed by atoms with E-state index in [0.717, 1.165) is 21.3 Å². The Bertz CT molecular complexity index is 355. The summed E-state index contributed by atoms with van der Waals surface area (Å²) in [6.07, 6.45) is 4.48. The highest BCUT2D eigenvalue weighted by Gasteiger charge is 2.30. The number of hydrogen-bond acceptors (Lipinski definition) is 4. The summed E-state index contributed by atoms with van der Waals surface area (Å²) in [7, 11) is 0. The van der Waals surface area contributed by atoms with Gasteiger partial charge in [-0.15, -0.1) is 11.3 Å². The fourth-order valence-electron chi connectivity index (χ4n) is 1.45. The lowest BCUT2D eigenvalue weighted by molar-refractivity contribution is 0.102. The minimum atomic E-state index is 0.178. The lowest BCUT2D eigenvalue weighted by Crippen LogP contribution is -1.93. The van der Waals surface area contributed by atoms with Crippen molar-refractivity contribution in [2.75, 3.05) is 6.26 Å². The topological polar surface area (TPSA) is 30.0 Å². The zero-order valence-corrected chi connectivity index (χ0v) is 10.0. The summed E-state index contributed by atoms with van der Waals surface area (Å²) in [6.45, 7) is 1.64. The molecule has 1 aromatic rings. The number of rotatable bonds is 4. The average molecular weight is 227 g/mol. The van der Waals surface area contributed by atoms with E-state index in [1.54, 1.807) is 30.0 Å². The Morgan fingerprint density at radius 3 is 2.86 bits per heavy atom. The third-order valence-electron chi connectivity index (χ3n) is 2.25. The second-order valence-electron chi connectivity index (χ2n) is 3.59. The molecular formula is C10H13NOS2. The molecular weight excluding hydrogens is 214 g/mol. The molecule has 0 aliphatic heterocycles. The maximum atomic E-state index is 11.4. The molecule has 0 bridgehead atoms. The number of Topliss-reactive ketones (excluding diaryl/α,β-unsaturated/α-hetero) is 1. The van der Waals surface area contributed by atoms with Crippen LogP contribution in [0.4, 0.5) is 0 Å². The molecule has 4 heteroatoms. The van der Waals surface area contributed by atoms with Gasteiger partial charge in [-0.3, -0.25) is 4.79 Å². The van der Waals surface area contributed by atoms with Crippen LogP contribution in [0.25, 0.3) is 0 Å². The molecule has 14 heavy (non-hydrogen) atoms. The Labute approximate surface area is 92.1 Å². The molecule has 0 aromatic carbocycles. The van der Waals surface area contributed by atoms with E-state index in [-0.39, 0.29) is 5.78 Å². The molecule has 76 valence electrons. The molecule has 2 nitrogen and oxygen atoms in total. The smallest absolute Gasteiger partial charge is 0.171 e. The molecule has 1 aromatic heterocycles. The molecule has 0 saturated heterocycles. The van der Waals surface area contributed by atoms with Crippen LogP contribution >= 0.6 is 23.1 Å². The number of aromatic nitrogens is 1. The monoisotopic (exact) mass is 227 g/mol. The number of ketones is 1. The van der Waals surface area contributed by atoms with E-state index >= 15 is 0 Å². The summed E-state index contributed by atoms with van der Waals surface area (Å²) in [5, 5.41) is 1.10. The zero-order valence-electron chi connectivity index (χ0n) is 8.37. The standard InChI is InChI=1S/C10H13NOS2/c1-6(12)10-9(7-3-4-7)11-8(14-10)5-13-2/h7H,3-5H2,1-2H3. The Morgan fingerprint density at radius 2 is 2.36 bits per heavy atom. The van der Waals surface area contributed by atoms with E-state index in [0.29, 0.717) is 5.92 Å². The molecule has 0 unspecified atom stereocenters. The highest BCUT2D eigenvalue weighted by Crippen LogP contribution is 2.43. The number of nitrogens with zero attached hydrogens (tertiary/aromatic N) is 1. The summed E-state index contributed by atoms with van der Waals surface area (Å²) >= 11 is 3.34. The van der Waals surface area contributed by atoms with Crippen LogP contribution < -0.4 is 0 Å². The Kier molecular flexibility index (Phi) is 2.93. The van der Waals surface area contributed by atoms with E-state index in [9.17, 15) is 4.79 Å². The normalized spacial score (nSPS) is 15.9. The van der Waals surface area contributed by atoms with Crippen molar-refractivity contribution < 1.29 is 4.79 Å². The zero-order chi connectivity index (χ0) is 10.1. The number of thiazole rings is 1. The van der Waals surface area contributed by atoms with Crippen molar-refractivity contribution >= 4 is 28.9 Å². The van der Waals surface area contributed by atoms with E-state index < -0.39 is 0 Å². The second kappa shape index (κ2) is 4.03. The minimum Gasteiger partial charge on any atom is -0.294 e. The van der Waals surface area contributed by atoms with Crippen molar-refractivity contribution in [2.24, 2.45) is 0 Å². The van der Waals surface area contributed by atoms with Crippen LogP contribution in [0, 0.1) is 0 Å². The van der Waals surface area contributed by atoms with Crippen molar-refractivity contribution in [2.45, 2.75) is 31.4 Å². The first kappa shape index (κ1) is 10.2. The molecule has 0 atom stereocenters. The van der Waals surface area contributed by atoms with Crippen LogP contribution in [-0.4, -0.2) is 17.0 Å². The van der Waals surface area contributed by atoms with E-state index in [1.165, 1.54) is 12.8 Å². The van der Waals surface area contributed by atoms with E-state index in [2.05, 4.69) is 11.2 Å². The highest BCUT2D eigenvalue weighted by atomic mass is 32.2.